The van der Waals surface area contributed by atoms with E-state index >= 15 is 0 Å². The Balaban J connectivity index is 1.95. The standard InChI is InChI=1S/C13H13N3O3/c1-7-15-10-5-9(2-3-11(10)19-7)16-6-8(13(14)18)4-12(16)17/h2-3,5,8H,4,6H2,1H3,(H2,14,18). The van der Waals surface area contributed by atoms with Crippen molar-refractivity contribution in [3.8, 4) is 0 Å². The van der Waals surface area contributed by atoms with Gasteiger partial charge in [-0.25, -0.2) is 4.98 Å². The van der Waals surface area contributed by atoms with E-state index in [0.717, 1.165) is 5.69 Å². The number of aromatic nitrogens is 1. The van der Waals surface area contributed by atoms with E-state index in [2.05, 4.69) is 4.98 Å². The van der Waals surface area contributed by atoms with Gasteiger partial charge in [0.05, 0.1) is 5.92 Å². The highest BCUT2D eigenvalue weighted by Crippen LogP contribution is 2.28. The van der Waals surface area contributed by atoms with Crippen molar-refractivity contribution in [2.24, 2.45) is 11.7 Å². The molecule has 2 amide bonds. The number of benzene rings is 1. The van der Waals surface area contributed by atoms with Gasteiger partial charge in [0, 0.05) is 25.6 Å². The molecule has 0 spiro atoms. The summed E-state index contributed by atoms with van der Waals surface area (Å²) in [5, 5.41) is 0. The van der Waals surface area contributed by atoms with Crippen LogP contribution in [-0.2, 0) is 9.59 Å². The predicted octanol–water partition coefficient (Wildman–Crippen LogP) is 0.974. The minimum atomic E-state index is -0.436. The van der Waals surface area contributed by atoms with Crippen LogP contribution in [0.25, 0.3) is 11.1 Å². The van der Waals surface area contributed by atoms with Crippen molar-refractivity contribution in [2.75, 3.05) is 11.4 Å². The van der Waals surface area contributed by atoms with Crippen LogP contribution >= 0.6 is 0 Å². The largest absolute Gasteiger partial charge is 0.441 e. The third-order valence-electron chi connectivity index (χ3n) is 3.32. The Hall–Kier alpha value is -2.37. The van der Waals surface area contributed by atoms with Gasteiger partial charge in [-0.1, -0.05) is 0 Å². The lowest BCUT2D eigenvalue weighted by molar-refractivity contribution is -0.123. The third-order valence-corrected chi connectivity index (χ3v) is 3.32. The lowest BCUT2D eigenvalue weighted by atomic mass is 10.1. The van der Waals surface area contributed by atoms with Gasteiger partial charge < -0.3 is 15.1 Å². The number of primary amides is 1. The number of oxazole rings is 1. The molecule has 1 aliphatic rings. The van der Waals surface area contributed by atoms with E-state index in [-0.39, 0.29) is 12.3 Å². The van der Waals surface area contributed by atoms with E-state index < -0.39 is 11.8 Å². The second-order valence-electron chi connectivity index (χ2n) is 4.69. The number of hydrogen-bond acceptors (Lipinski definition) is 4. The normalized spacial score (nSPS) is 19.3. The van der Waals surface area contributed by atoms with Crippen molar-refractivity contribution in [3.05, 3.63) is 24.1 Å². The zero-order chi connectivity index (χ0) is 13.6. The van der Waals surface area contributed by atoms with Crippen LogP contribution in [0.15, 0.2) is 22.6 Å². The molecule has 0 saturated carbocycles. The third kappa shape index (κ3) is 1.95. The number of amides is 2. The van der Waals surface area contributed by atoms with Gasteiger partial charge in [0.25, 0.3) is 0 Å². The van der Waals surface area contributed by atoms with Gasteiger partial charge in [-0.15, -0.1) is 0 Å². The van der Waals surface area contributed by atoms with Crippen molar-refractivity contribution in [2.45, 2.75) is 13.3 Å². The molecule has 2 heterocycles. The van der Waals surface area contributed by atoms with Crippen LogP contribution in [0.4, 0.5) is 5.69 Å². The number of nitrogens with two attached hydrogens (primary N) is 1. The average molecular weight is 259 g/mol. The minimum absolute atomic E-state index is 0.0941. The van der Waals surface area contributed by atoms with Crippen molar-refractivity contribution < 1.29 is 14.0 Å². The fraction of sp³-hybridized carbons (Fsp3) is 0.308. The van der Waals surface area contributed by atoms with Gasteiger partial charge in [0.1, 0.15) is 5.52 Å². The second kappa shape index (κ2) is 4.08. The molecule has 3 rings (SSSR count). The number of anilines is 1. The van der Waals surface area contributed by atoms with Gasteiger partial charge >= 0.3 is 0 Å². The monoisotopic (exact) mass is 259 g/mol. The summed E-state index contributed by atoms with van der Waals surface area (Å²) in [5.41, 5.74) is 7.35. The maximum absolute atomic E-state index is 11.9. The topological polar surface area (TPSA) is 89.4 Å². The molecule has 0 radical (unpaired) electrons. The van der Waals surface area contributed by atoms with E-state index in [0.29, 0.717) is 23.5 Å². The smallest absolute Gasteiger partial charge is 0.227 e. The van der Waals surface area contributed by atoms with Crippen LogP contribution in [0.3, 0.4) is 0 Å². The van der Waals surface area contributed by atoms with Crippen LogP contribution in [0.1, 0.15) is 12.3 Å². The van der Waals surface area contributed by atoms with Gasteiger partial charge in [0.15, 0.2) is 11.5 Å². The molecule has 1 fully saturated rings. The lowest BCUT2D eigenvalue weighted by Crippen LogP contribution is -2.28. The molecule has 1 saturated heterocycles. The predicted molar refractivity (Wildman–Crippen MR) is 68.4 cm³/mol. The number of carbonyl (C=O) groups is 2. The first kappa shape index (κ1) is 11.7. The first-order valence-corrected chi connectivity index (χ1v) is 6.01. The highest BCUT2D eigenvalue weighted by molar-refractivity contribution is 6.01. The zero-order valence-electron chi connectivity index (χ0n) is 10.4. The number of hydrogen-bond donors (Lipinski definition) is 1. The summed E-state index contributed by atoms with van der Waals surface area (Å²) in [6.45, 7) is 2.10. The molecular formula is C13H13N3O3. The van der Waals surface area contributed by atoms with E-state index in [1.165, 1.54) is 0 Å². The quantitative estimate of drug-likeness (QED) is 0.870. The Bertz CT molecular complexity index is 677. The zero-order valence-corrected chi connectivity index (χ0v) is 10.4. The molecule has 98 valence electrons. The molecule has 2 aromatic rings. The molecule has 1 aromatic heterocycles. The van der Waals surface area contributed by atoms with Crippen LogP contribution < -0.4 is 10.6 Å². The highest BCUT2D eigenvalue weighted by Gasteiger charge is 2.34. The van der Waals surface area contributed by atoms with Gasteiger partial charge in [0.2, 0.25) is 11.8 Å². The molecule has 2 N–H and O–H groups in total. The summed E-state index contributed by atoms with van der Waals surface area (Å²) in [6.07, 6.45) is 0.172. The minimum Gasteiger partial charge on any atom is -0.441 e. The lowest BCUT2D eigenvalue weighted by Gasteiger charge is -2.15. The first-order valence-electron chi connectivity index (χ1n) is 6.01. The first-order chi connectivity index (χ1) is 9.04. The van der Waals surface area contributed by atoms with Crippen LogP contribution in [0, 0.1) is 12.8 Å². The maximum atomic E-state index is 11.9. The van der Waals surface area contributed by atoms with Crippen LogP contribution in [0.5, 0.6) is 0 Å². The average Bonchev–Trinajstić information content (AvgIpc) is 2.90. The molecule has 0 bridgehead atoms. The fourth-order valence-corrected chi connectivity index (χ4v) is 2.35. The molecule has 1 aromatic carbocycles. The van der Waals surface area contributed by atoms with Gasteiger partial charge in [-0.05, 0) is 18.2 Å². The number of rotatable bonds is 2. The summed E-state index contributed by atoms with van der Waals surface area (Å²) in [6, 6.07) is 5.34. The summed E-state index contributed by atoms with van der Waals surface area (Å²) in [5.74, 6) is -0.366. The molecule has 1 atom stereocenters. The Labute approximate surface area is 109 Å². The van der Waals surface area contributed by atoms with E-state index in [1.54, 1.807) is 30.0 Å². The van der Waals surface area contributed by atoms with E-state index in [1.807, 2.05) is 0 Å². The van der Waals surface area contributed by atoms with Gasteiger partial charge in [-0.3, -0.25) is 9.59 Å². The number of aryl methyl sites for hydroxylation is 1. The number of carbonyl (C=O) groups excluding carboxylic acids is 2. The van der Waals surface area contributed by atoms with Crippen molar-refractivity contribution in [1.29, 1.82) is 0 Å². The molecule has 1 unspecified atom stereocenters. The van der Waals surface area contributed by atoms with Crippen molar-refractivity contribution in [1.82, 2.24) is 4.98 Å². The van der Waals surface area contributed by atoms with Crippen LogP contribution in [-0.4, -0.2) is 23.3 Å². The molecule has 19 heavy (non-hydrogen) atoms. The van der Waals surface area contributed by atoms with Gasteiger partial charge in [-0.2, -0.15) is 0 Å². The van der Waals surface area contributed by atoms with Crippen molar-refractivity contribution >= 4 is 28.6 Å². The summed E-state index contributed by atoms with van der Waals surface area (Å²) in [7, 11) is 0. The maximum Gasteiger partial charge on any atom is 0.227 e. The highest BCUT2D eigenvalue weighted by atomic mass is 16.3. The summed E-state index contributed by atoms with van der Waals surface area (Å²) < 4.78 is 5.38. The van der Waals surface area contributed by atoms with E-state index in [4.69, 9.17) is 10.2 Å². The number of fused-ring (bicyclic) bond motifs is 1. The van der Waals surface area contributed by atoms with Crippen LogP contribution in [0.2, 0.25) is 0 Å². The Morgan fingerprint density at radius 1 is 1.53 bits per heavy atom. The summed E-state index contributed by atoms with van der Waals surface area (Å²) in [4.78, 5) is 28.9. The van der Waals surface area contributed by atoms with E-state index in [9.17, 15) is 9.59 Å². The van der Waals surface area contributed by atoms with Crippen molar-refractivity contribution in [3.63, 3.8) is 0 Å². The SMILES string of the molecule is Cc1nc2cc(N3CC(C(N)=O)CC3=O)ccc2o1. The molecular weight excluding hydrogens is 246 g/mol. The Morgan fingerprint density at radius 3 is 3.00 bits per heavy atom. The Kier molecular flexibility index (Phi) is 2.51. The number of nitrogens with zero attached hydrogens (tertiary/aromatic N) is 2. The Morgan fingerprint density at radius 2 is 2.32 bits per heavy atom. The molecule has 6 heteroatoms. The second-order valence-corrected chi connectivity index (χ2v) is 4.69. The molecule has 0 aliphatic carbocycles. The summed E-state index contributed by atoms with van der Waals surface area (Å²) >= 11 is 0. The molecule has 1 aliphatic heterocycles. The fourth-order valence-electron chi connectivity index (χ4n) is 2.35. The molecule has 6 nitrogen and oxygen atoms in total.